The molecular formula is C14H17NO4. The van der Waals surface area contributed by atoms with Crippen molar-refractivity contribution in [2.75, 3.05) is 0 Å². The van der Waals surface area contributed by atoms with Crippen LogP contribution in [-0.4, -0.2) is 17.0 Å². The Morgan fingerprint density at radius 1 is 1.21 bits per heavy atom. The lowest BCUT2D eigenvalue weighted by Crippen LogP contribution is -2.22. The third-order valence-corrected chi connectivity index (χ3v) is 3.58. The van der Waals surface area contributed by atoms with Crippen molar-refractivity contribution >= 4 is 11.7 Å². The molecule has 0 atom stereocenters. The largest absolute Gasteiger partial charge is 0.463 e. The summed E-state index contributed by atoms with van der Waals surface area (Å²) in [6.07, 6.45) is 3.67. The first-order valence-corrected chi connectivity index (χ1v) is 6.48. The van der Waals surface area contributed by atoms with Gasteiger partial charge in [0.15, 0.2) is 0 Å². The van der Waals surface area contributed by atoms with Gasteiger partial charge < -0.3 is 4.74 Å². The molecule has 1 aliphatic carbocycles. The predicted octanol–water partition coefficient (Wildman–Crippen LogP) is 3.18. The van der Waals surface area contributed by atoms with Crippen molar-refractivity contribution in [2.24, 2.45) is 0 Å². The van der Waals surface area contributed by atoms with Crippen molar-refractivity contribution in [3.63, 3.8) is 0 Å². The number of nitro groups is 1. The van der Waals surface area contributed by atoms with Crippen molar-refractivity contribution in [1.82, 2.24) is 0 Å². The lowest BCUT2D eigenvalue weighted by atomic mass is 9.82. The number of ether oxygens (including phenoxy) is 1. The van der Waals surface area contributed by atoms with E-state index in [1.54, 1.807) is 12.1 Å². The average molecular weight is 263 g/mol. The zero-order chi connectivity index (χ0) is 13.8. The summed E-state index contributed by atoms with van der Waals surface area (Å²) in [5, 5.41) is 10.6. The van der Waals surface area contributed by atoms with Crippen LogP contribution in [0.4, 0.5) is 5.69 Å². The summed E-state index contributed by atoms with van der Waals surface area (Å²) >= 11 is 0. The first kappa shape index (κ1) is 13.5. The molecule has 102 valence electrons. The molecular weight excluding hydrogens is 246 g/mol. The molecule has 1 aromatic carbocycles. The molecule has 1 saturated carbocycles. The van der Waals surface area contributed by atoms with Crippen molar-refractivity contribution < 1.29 is 14.5 Å². The molecule has 0 aromatic heterocycles. The van der Waals surface area contributed by atoms with Gasteiger partial charge in [0, 0.05) is 19.1 Å². The number of carbonyl (C=O) groups is 1. The maximum atomic E-state index is 10.9. The van der Waals surface area contributed by atoms with Gasteiger partial charge in [-0.25, -0.2) is 0 Å². The number of carbonyl (C=O) groups excluding carboxylic acids is 1. The van der Waals surface area contributed by atoms with Gasteiger partial charge in [0.1, 0.15) is 6.10 Å². The topological polar surface area (TPSA) is 69.4 Å². The van der Waals surface area contributed by atoms with Crippen LogP contribution in [0, 0.1) is 10.1 Å². The summed E-state index contributed by atoms with van der Waals surface area (Å²) in [5.74, 6) is 0.186. The van der Waals surface area contributed by atoms with E-state index in [1.807, 2.05) is 12.1 Å². The second-order valence-electron chi connectivity index (χ2n) is 4.93. The number of rotatable bonds is 3. The lowest BCUT2D eigenvalue weighted by Gasteiger charge is -2.28. The Morgan fingerprint density at radius 3 is 2.26 bits per heavy atom. The molecule has 19 heavy (non-hydrogen) atoms. The molecule has 5 heteroatoms. The van der Waals surface area contributed by atoms with E-state index in [-0.39, 0.29) is 22.7 Å². The van der Waals surface area contributed by atoms with Gasteiger partial charge in [-0.05, 0) is 37.2 Å². The zero-order valence-corrected chi connectivity index (χ0v) is 10.9. The number of non-ortho nitro benzene ring substituents is 1. The van der Waals surface area contributed by atoms with E-state index in [4.69, 9.17) is 4.74 Å². The second-order valence-corrected chi connectivity index (χ2v) is 4.93. The van der Waals surface area contributed by atoms with Gasteiger partial charge in [0.2, 0.25) is 0 Å². The third kappa shape index (κ3) is 3.53. The van der Waals surface area contributed by atoms with Crippen molar-refractivity contribution in [3.05, 3.63) is 39.9 Å². The van der Waals surface area contributed by atoms with E-state index >= 15 is 0 Å². The number of benzene rings is 1. The first-order chi connectivity index (χ1) is 9.06. The first-order valence-electron chi connectivity index (χ1n) is 6.48. The molecule has 0 amide bonds. The molecule has 5 nitrogen and oxygen atoms in total. The molecule has 0 aliphatic heterocycles. The van der Waals surface area contributed by atoms with E-state index in [1.165, 1.54) is 6.92 Å². The van der Waals surface area contributed by atoms with Crippen LogP contribution < -0.4 is 0 Å². The van der Waals surface area contributed by atoms with Crippen LogP contribution in [0.2, 0.25) is 0 Å². The molecule has 0 spiro atoms. The van der Waals surface area contributed by atoms with Crippen LogP contribution in [0.15, 0.2) is 24.3 Å². The van der Waals surface area contributed by atoms with Crippen molar-refractivity contribution in [1.29, 1.82) is 0 Å². The van der Waals surface area contributed by atoms with E-state index in [0.29, 0.717) is 5.92 Å². The maximum Gasteiger partial charge on any atom is 0.302 e. The molecule has 0 radical (unpaired) electrons. The van der Waals surface area contributed by atoms with Gasteiger partial charge in [0.25, 0.3) is 5.69 Å². The Bertz CT molecular complexity index is 461. The second kappa shape index (κ2) is 5.82. The Hall–Kier alpha value is -1.91. The number of nitrogens with zero attached hydrogens (tertiary/aromatic N) is 1. The zero-order valence-electron chi connectivity index (χ0n) is 10.9. The molecule has 0 saturated heterocycles. The molecule has 0 heterocycles. The Labute approximate surface area is 111 Å². The molecule has 1 aromatic rings. The fourth-order valence-electron chi connectivity index (χ4n) is 2.62. The smallest absolute Gasteiger partial charge is 0.302 e. The SMILES string of the molecule is CC(=O)OC1CCC(c2ccc([N+](=O)[O-])cc2)CC1. The highest BCUT2D eigenvalue weighted by Crippen LogP contribution is 2.34. The fraction of sp³-hybridized carbons (Fsp3) is 0.500. The van der Waals surface area contributed by atoms with Crippen LogP contribution >= 0.6 is 0 Å². The quantitative estimate of drug-likeness (QED) is 0.477. The Balaban J connectivity index is 1.94. The molecule has 0 unspecified atom stereocenters. The van der Waals surface area contributed by atoms with Gasteiger partial charge in [-0.2, -0.15) is 0 Å². The minimum Gasteiger partial charge on any atom is -0.463 e. The summed E-state index contributed by atoms with van der Waals surface area (Å²) in [4.78, 5) is 21.1. The number of esters is 1. The number of hydrogen-bond acceptors (Lipinski definition) is 4. The summed E-state index contributed by atoms with van der Waals surface area (Å²) in [5.41, 5.74) is 1.25. The van der Waals surface area contributed by atoms with Crippen LogP contribution in [0.1, 0.15) is 44.1 Å². The molecule has 2 rings (SSSR count). The van der Waals surface area contributed by atoms with Gasteiger partial charge in [-0.15, -0.1) is 0 Å². The standard InChI is InChI=1S/C14H17NO4/c1-10(16)19-14-8-4-12(5-9-14)11-2-6-13(7-3-11)15(17)18/h2-3,6-7,12,14H,4-5,8-9H2,1H3. The van der Waals surface area contributed by atoms with Crippen molar-refractivity contribution in [2.45, 2.75) is 44.6 Å². The Morgan fingerprint density at radius 2 is 1.79 bits per heavy atom. The minimum atomic E-state index is -0.388. The highest BCUT2D eigenvalue weighted by atomic mass is 16.6. The summed E-state index contributed by atoms with van der Waals surface area (Å²) in [6, 6.07) is 6.75. The highest BCUT2D eigenvalue weighted by molar-refractivity contribution is 5.66. The summed E-state index contributed by atoms with van der Waals surface area (Å²) in [6.45, 7) is 1.43. The van der Waals surface area contributed by atoms with Gasteiger partial charge in [-0.1, -0.05) is 12.1 Å². The monoisotopic (exact) mass is 263 g/mol. The van der Waals surface area contributed by atoms with Gasteiger partial charge >= 0.3 is 5.97 Å². The highest BCUT2D eigenvalue weighted by Gasteiger charge is 2.24. The van der Waals surface area contributed by atoms with Crippen LogP contribution in [0.3, 0.4) is 0 Å². The van der Waals surface area contributed by atoms with Crippen LogP contribution in [0.25, 0.3) is 0 Å². The molecule has 1 aliphatic rings. The average Bonchev–Trinajstić information content (AvgIpc) is 2.39. The third-order valence-electron chi connectivity index (χ3n) is 3.58. The van der Waals surface area contributed by atoms with Crippen LogP contribution in [-0.2, 0) is 9.53 Å². The molecule has 0 bridgehead atoms. The fourth-order valence-corrected chi connectivity index (χ4v) is 2.62. The van der Waals surface area contributed by atoms with E-state index < -0.39 is 0 Å². The van der Waals surface area contributed by atoms with E-state index in [9.17, 15) is 14.9 Å². The van der Waals surface area contributed by atoms with Crippen molar-refractivity contribution in [3.8, 4) is 0 Å². The normalized spacial score (nSPS) is 22.8. The Kier molecular flexibility index (Phi) is 4.14. The van der Waals surface area contributed by atoms with E-state index in [0.717, 1.165) is 31.2 Å². The lowest BCUT2D eigenvalue weighted by molar-refractivity contribution is -0.384. The summed E-state index contributed by atoms with van der Waals surface area (Å²) < 4.78 is 5.20. The predicted molar refractivity (Wildman–Crippen MR) is 69.9 cm³/mol. The number of hydrogen-bond donors (Lipinski definition) is 0. The summed E-state index contributed by atoms with van der Waals surface area (Å²) in [7, 11) is 0. The molecule has 0 N–H and O–H groups in total. The van der Waals surface area contributed by atoms with Crippen LogP contribution in [0.5, 0.6) is 0 Å². The maximum absolute atomic E-state index is 10.9. The number of nitro benzene ring substituents is 1. The van der Waals surface area contributed by atoms with Gasteiger partial charge in [-0.3, -0.25) is 14.9 Å². The molecule has 1 fully saturated rings. The minimum absolute atomic E-state index is 0.0341. The van der Waals surface area contributed by atoms with E-state index in [2.05, 4.69) is 0 Å². The van der Waals surface area contributed by atoms with Gasteiger partial charge in [0.05, 0.1) is 4.92 Å².